The Morgan fingerprint density at radius 1 is 1.50 bits per heavy atom. The average Bonchev–Trinajstić information content (AvgIpc) is 2.56. The predicted molar refractivity (Wildman–Crippen MR) is 56.0 cm³/mol. The first-order chi connectivity index (χ1) is 6.77. The monoisotopic (exact) mass is 191 g/mol. The summed E-state index contributed by atoms with van der Waals surface area (Å²) in [5.74, 6) is 0.434. The van der Waals surface area contributed by atoms with E-state index in [0.717, 1.165) is 31.4 Å². The van der Waals surface area contributed by atoms with E-state index in [0.29, 0.717) is 5.92 Å². The number of rotatable bonds is 2. The highest BCUT2D eigenvalue weighted by Crippen LogP contribution is 2.28. The van der Waals surface area contributed by atoms with Gasteiger partial charge in [0, 0.05) is 11.9 Å². The molecule has 1 heterocycles. The van der Waals surface area contributed by atoms with Gasteiger partial charge in [-0.1, -0.05) is 12.5 Å². The van der Waals surface area contributed by atoms with Gasteiger partial charge in [0.25, 0.3) is 0 Å². The molecule has 0 amide bonds. The number of aliphatic hydroxyl groups is 1. The van der Waals surface area contributed by atoms with Crippen molar-refractivity contribution in [2.75, 3.05) is 0 Å². The van der Waals surface area contributed by atoms with Gasteiger partial charge in [-0.15, -0.1) is 0 Å². The molecule has 2 atom stereocenters. The van der Waals surface area contributed by atoms with Crippen molar-refractivity contribution in [1.29, 1.82) is 0 Å². The molecule has 1 aromatic rings. The van der Waals surface area contributed by atoms with Crippen molar-refractivity contribution in [1.82, 2.24) is 4.98 Å². The van der Waals surface area contributed by atoms with Gasteiger partial charge < -0.3 is 5.11 Å². The quantitative estimate of drug-likeness (QED) is 0.776. The smallest absolute Gasteiger partial charge is 0.0572 e. The molecule has 1 aliphatic carbocycles. The largest absolute Gasteiger partial charge is 0.393 e. The Kier molecular flexibility index (Phi) is 2.82. The van der Waals surface area contributed by atoms with Crippen LogP contribution in [0.4, 0.5) is 0 Å². The minimum Gasteiger partial charge on any atom is -0.393 e. The average molecular weight is 191 g/mol. The van der Waals surface area contributed by atoms with E-state index in [-0.39, 0.29) is 6.10 Å². The second-order valence-electron chi connectivity index (χ2n) is 4.23. The third-order valence-electron chi connectivity index (χ3n) is 3.19. The van der Waals surface area contributed by atoms with Crippen LogP contribution in [-0.2, 0) is 6.42 Å². The second kappa shape index (κ2) is 4.09. The van der Waals surface area contributed by atoms with Crippen molar-refractivity contribution in [3.05, 3.63) is 29.6 Å². The third-order valence-corrected chi connectivity index (χ3v) is 3.19. The SMILES string of the molecule is Cc1cccnc1CC1CCCC1O. The molecule has 1 N–H and O–H groups in total. The minimum absolute atomic E-state index is 0.101. The fraction of sp³-hybridized carbons (Fsp3) is 0.583. The van der Waals surface area contributed by atoms with Crippen LogP contribution in [0.5, 0.6) is 0 Å². The van der Waals surface area contributed by atoms with E-state index >= 15 is 0 Å². The van der Waals surface area contributed by atoms with Crippen molar-refractivity contribution < 1.29 is 5.11 Å². The highest BCUT2D eigenvalue weighted by Gasteiger charge is 2.25. The lowest BCUT2D eigenvalue weighted by Crippen LogP contribution is -2.16. The topological polar surface area (TPSA) is 33.1 Å². The zero-order valence-electron chi connectivity index (χ0n) is 8.61. The maximum atomic E-state index is 9.71. The summed E-state index contributed by atoms with van der Waals surface area (Å²) in [6.45, 7) is 2.09. The van der Waals surface area contributed by atoms with Gasteiger partial charge in [0.15, 0.2) is 0 Å². The predicted octanol–water partition coefficient (Wildman–Crippen LogP) is 2.09. The number of aryl methyl sites for hydroxylation is 1. The molecule has 1 saturated carbocycles. The summed E-state index contributed by atoms with van der Waals surface area (Å²) in [7, 11) is 0. The number of pyridine rings is 1. The Bertz CT molecular complexity index is 311. The summed E-state index contributed by atoms with van der Waals surface area (Å²) in [6, 6.07) is 4.05. The normalized spacial score (nSPS) is 26.7. The maximum absolute atomic E-state index is 9.71. The molecule has 2 heteroatoms. The molecule has 76 valence electrons. The molecule has 1 fully saturated rings. The summed E-state index contributed by atoms with van der Waals surface area (Å²) in [5, 5.41) is 9.71. The number of nitrogens with zero attached hydrogens (tertiary/aromatic N) is 1. The van der Waals surface area contributed by atoms with E-state index in [4.69, 9.17) is 0 Å². The van der Waals surface area contributed by atoms with Gasteiger partial charge >= 0.3 is 0 Å². The molecule has 0 aliphatic heterocycles. The minimum atomic E-state index is -0.101. The van der Waals surface area contributed by atoms with Crippen LogP contribution in [0, 0.1) is 12.8 Å². The van der Waals surface area contributed by atoms with Gasteiger partial charge in [-0.3, -0.25) is 4.98 Å². The van der Waals surface area contributed by atoms with E-state index in [1.54, 1.807) is 0 Å². The maximum Gasteiger partial charge on any atom is 0.0572 e. The van der Waals surface area contributed by atoms with Gasteiger partial charge in [-0.25, -0.2) is 0 Å². The van der Waals surface area contributed by atoms with Crippen LogP contribution in [0.25, 0.3) is 0 Å². The molecule has 0 aromatic carbocycles. The molecular formula is C12H17NO. The number of hydrogen-bond donors (Lipinski definition) is 1. The Hall–Kier alpha value is -0.890. The van der Waals surface area contributed by atoms with Crippen LogP contribution in [0.15, 0.2) is 18.3 Å². The van der Waals surface area contributed by atoms with Gasteiger partial charge in [0.1, 0.15) is 0 Å². The summed E-state index contributed by atoms with van der Waals surface area (Å²) in [4.78, 5) is 4.37. The highest BCUT2D eigenvalue weighted by atomic mass is 16.3. The van der Waals surface area contributed by atoms with Crippen molar-refractivity contribution in [2.24, 2.45) is 5.92 Å². The van der Waals surface area contributed by atoms with Crippen molar-refractivity contribution in [3.63, 3.8) is 0 Å². The highest BCUT2D eigenvalue weighted by molar-refractivity contribution is 5.18. The molecule has 2 unspecified atom stereocenters. The van der Waals surface area contributed by atoms with Gasteiger partial charge in [0.2, 0.25) is 0 Å². The zero-order valence-corrected chi connectivity index (χ0v) is 8.61. The molecule has 0 radical (unpaired) electrons. The Labute approximate surface area is 85.0 Å². The standard InChI is InChI=1S/C12H17NO/c1-9-4-3-7-13-11(9)8-10-5-2-6-12(10)14/h3-4,7,10,12,14H,2,5-6,8H2,1H3. The zero-order chi connectivity index (χ0) is 9.97. The van der Waals surface area contributed by atoms with E-state index in [9.17, 15) is 5.11 Å². The molecule has 0 bridgehead atoms. The Morgan fingerprint density at radius 2 is 2.36 bits per heavy atom. The molecular weight excluding hydrogens is 174 g/mol. The van der Waals surface area contributed by atoms with E-state index in [1.165, 1.54) is 5.56 Å². The number of aromatic nitrogens is 1. The van der Waals surface area contributed by atoms with Gasteiger partial charge in [-0.05, 0) is 43.7 Å². The molecule has 0 saturated heterocycles. The second-order valence-corrected chi connectivity index (χ2v) is 4.23. The van der Waals surface area contributed by atoms with Crippen molar-refractivity contribution in [2.45, 2.75) is 38.7 Å². The van der Waals surface area contributed by atoms with Crippen LogP contribution in [0.1, 0.15) is 30.5 Å². The first-order valence-corrected chi connectivity index (χ1v) is 5.36. The van der Waals surface area contributed by atoms with Crippen LogP contribution in [0.2, 0.25) is 0 Å². The lowest BCUT2D eigenvalue weighted by atomic mass is 9.97. The Balaban J connectivity index is 2.07. The lowest BCUT2D eigenvalue weighted by molar-refractivity contribution is 0.132. The van der Waals surface area contributed by atoms with Crippen LogP contribution in [0.3, 0.4) is 0 Å². The van der Waals surface area contributed by atoms with Crippen molar-refractivity contribution >= 4 is 0 Å². The van der Waals surface area contributed by atoms with Crippen LogP contribution in [-0.4, -0.2) is 16.2 Å². The van der Waals surface area contributed by atoms with Crippen LogP contribution < -0.4 is 0 Å². The van der Waals surface area contributed by atoms with E-state index in [1.807, 2.05) is 12.3 Å². The molecule has 0 spiro atoms. The Morgan fingerprint density at radius 3 is 3.00 bits per heavy atom. The molecule has 1 aromatic heterocycles. The number of hydrogen-bond acceptors (Lipinski definition) is 2. The molecule has 2 rings (SSSR count). The molecule has 14 heavy (non-hydrogen) atoms. The first kappa shape index (κ1) is 9.66. The van der Waals surface area contributed by atoms with Gasteiger partial charge in [0.05, 0.1) is 6.10 Å². The first-order valence-electron chi connectivity index (χ1n) is 5.36. The third kappa shape index (κ3) is 1.95. The van der Waals surface area contributed by atoms with Gasteiger partial charge in [-0.2, -0.15) is 0 Å². The summed E-state index contributed by atoms with van der Waals surface area (Å²) in [6.07, 6.45) is 5.96. The van der Waals surface area contributed by atoms with Crippen LogP contribution >= 0.6 is 0 Å². The summed E-state index contributed by atoms with van der Waals surface area (Å²) < 4.78 is 0. The van der Waals surface area contributed by atoms with E-state index in [2.05, 4.69) is 18.0 Å². The molecule has 2 nitrogen and oxygen atoms in total. The fourth-order valence-electron chi connectivity index (χ4n) is 2.24. The van der Waals surface area contributed by atoms with E-state index < -0.39 is 0 Å². The lowest BCUT2D eigenvalue weighted by Gasteiger charge is -2.14. The van der Waals surface area contributed by atoms with Crippen molar-refractivity contribution in [3.8, 4) is 0 Å². The number of aliphatic hydroxyl groups excluding tert-OH is 1. The summed E-state index contributed by atoms with van der Waals surface area (Å²) >= 11 is 0. The summed E-state index contributed by atoms with van der Waals surface area (Å²) in [5.41, 5.74) is 2.39. The molecule has 1 aliphatic rings. The fourth-order valence-corrected chi connectivity index (χ4v) is 2.24.